The third-order valence-corrected chi connectivity index (χ3v) is 8.19. The lowest BCUT2D eigenvalue weighted by Crippen LogP contribution is -2.40. The number of aryl methyl sites for hydroxylation is 1. The summed E-state index contributed by atoms with van der Waals surface area (Å²) >= 11 is 0. The second-order valence-corrected chi connectivity index (χ2v) is 10.7. The first-order valence-corrected chi connectivity index (χ1v) is 13.3. The largest absolute Gasteiger partial charge is 0.347 e. The lowest BCUT2D eigenvalue weighted by Gasteiger charge is -2.31. The van der Waals surface area contributed by atoms with Crippen LogP contribution in [0.4, 0.5) is 0 Å². The van der Waals surface area contributed by atoms with Gasteiger partial charge in [-0.2, -0.15) is 0 Å². The van der Waals surface area contributed by atoms with Gasteiger partial charge in [-0.05, 0) is 81.8 Å². The molecule has 34 heavy (non-hydrogen) atoms. The van der Waals surface area contributed by atoms with Crippen LogP contribution in [0.2, 0.25) is 0 Å². The van der Waals surface area contributed by atoms with E-state index in [1.54, 1.807) is 0 Å². The number of para-hydroxylation sites is 1. The predicted octanol–water partition coefficient (Wildman–Crippen LogP) is 6.90. The number of hydrogen-bond acceptors (Lipinski definition) is 2. The van der Waals surface area contributed by atoms with Crippen molar-refractivity contribution in [2.45, 2.75) is 76.8 Å². The maximum atomic E-state index is 6.16. The number of rotatable bonds is 7. The van der Waals surface area contributed by atoms with Gasteiger partial charge in [0.25, 0.3) is 0 Å². The van der Waals surface area contributed by atoms with Crippen LogP contribution < -0.4 is 5.73 Å². The Morgan fingerprint density at radius 3 is 2.47 bits per heavy atom. The van der Waals surface area contributed by atoms with Crippen molar-refractivity contribution < 1.29 is 0 Å². The van der Waals surface area contributed by atoms with Crippen LogP contribution in [0.1, 0.15) is 74.0 Å². The van der Waals surface area contributed by atoms with E-state index in [4.69, 9.17) is 5.73 Å². The predicted molar refractivity (Wildman–Crippen MR) is 147 cm³/mol. The Labute approximate surface area is 212 Å². The van der Waals surface area contributed by atoms with E-state index >= 15 is 0 Å². The number of hydrogen-bond donors (Lipinski definition) is 1. The van der Waals surface area contributed by atoms with Crippen molar-refractivity contribution in [1.82, 2.24) is 9.47 Å². The van der Waals surface area contributed by atoms with Gasteiger partial charge in [-0.3, -0.25) is 0 Å². The van der Waals surface area contributed by atoms with Crippen molar-refractivity contribution in [3.63, 3.8) is 0 Å². The summed E-state index contributed by atoms with van der Waals surface area (Å²) in [5.41, 5.74) is 11.9. The van der Waals surface area contributed by atoms with Crippen LogP contribution in [0.15, 0.2) is 54.7 Å². The van der Waals surface area contributed by atoms with E-state index in [0.29, 0.717) is 12.0 Å². The molecule has 3 aromatic rings. The molecular formula is C30H42ClN3. The van der Waals surface area contributed by atoms with E-state index in [2.05, 4.69) is 71.1 Å². The van der Waals surface area contributed by atoms with Crippen LogP contribution in [0.25, 0.3) is 10.9 Å². The first-order valence-electron chi connectivity index (χ1n) is 13.3. The fourth-order valence-electron chi connectivity index (χ4n) is 6.23. The van der Waals surface area contributed by atoms with Crippen LogP contribution in [0, 0.1) is 12.8 Å². The zero-order valence-electron chi connectivity index (χ0n) is 20.8. The average Bonchev–Trinajstić information content (AvgIpc) is 3.19. The summed E-state index contributed by atoms with van der Waals surface area (Å²) in [4.78, 5) is 2.63. The quantitative estimate of drug-likeness (QED) is 0.400. The van der Waals surface area contributed by atoms with Crippen molar-refractivity contribution in [3.05, 3.63) is 71.4 Å². The Bertz CT molecular complexity index is 1040. The van der Waals surface area contributed by atoms with Gasteiger partial charge in [0.05, 0.1) is 0 Å². The summed E-state index contributed by atoms with van der Waals surface area (Å²) in [5, 5.41) is 1.44. The van der Waals surface area contributed by atoms with E-state index in [-0.39, 0.29) is 12.4 Å². The topological polar surface area (TPSA) is 34.2 Å². The van der Waals surface area contributed by atoms with Gasteiger partial charge in [-0.1, -0.05) is 67.3 Å². The van der Waals surface area contributed by atoms with E-state index in [1.165, 1.54) is 66.2 Å². The summed E-state index contributed by atoms with van der Waals surface area (Å²) in [6, 6.07) is 18.7. The SMILES string of the molecule is Cc1cccc(C(CCN2CCC(N)CC2)c2cn(CC3CCCCC3)c3ccccc23)c1.Cl. The highest BCUT2D eigenvalue weighted by atomic mass is 35.5. The molecule has 0 spiro atoms. The molecule has 0 radical (unpaired) electrons. The fraction of sp³-hybridized carbons (Fsp3) is 0.533. The Balaban J connectivity index is 0.00000274. The minimum atomic E-state index is 0. The average molecular weight is 480 g/mol. The molecule has 1 saturated carbocycles. The molecule has 4 heteroatoms. The number of piperidine rings is 1. The summed E-state index contributed by atoms with van der Waals surface area (Å²) < 4.78 is 2.59. The molecule has 184 valence electrons. The van der Waals surface area contributed by atoms with E-state index < -0.39 is 0 Å². The molecule has 2 aromatic carbocycles. The Kier molecular flexibility index (Phi) is 8.74. The molecule has 3 nitrogen and oxygen atoms in total. The van der Waals surface area contributed by atoms with Gasteiger partial charge in [0.2, 0.25) is 0 Å². The lowest BCUT2D eigenvalue weighted by molar-refractivity contribution is 0.208. The molecule has 0 amide bonds. The molecule has 1 unspecified atom stereocenters. The number of benzene rings is 2. The summed E-state index contributed by atoms with van der Waals surface area (Å²) in [5.74, 6) is 1.26. The minimum Gasteiger partial charge on any atom is -0.347 e. The molecule has 2 aliphatic rings. The maximum Gasteiger partial charge on any atom is 0.0483 e. The third-order valence-electron chi connectivity index (χ3n) is 8.19. The van der Waals surface area contributed by atoms with E-state index in [1.807, 2.05) is 0 Å². The standard InChI is InChI=1S/C30H41N3.ClH/c1-23-8-7-11-25(20-23)27(16-19-32-17-14-26(31)15-18-32)29-22-33(21-24-9-3-2-4-10-24)30-13-6-5-12-28(29)30;/h5-8,11-13,20,22,24,26-27H,2-4,9-10,14-19,21,31H2,1H3;1H. The van der Waals surface area contributed by atoms with E-state index in [9.17, 15) is 0 Å². The summed E-state index contributed by atoms with van der Waals surface area (Å²) in [6.45, 7) is 6.83. The van der Waals surface area contributed by atoms with Gasteiger partial charge in [0.15, 0.2) is 0 Å². The highest BCUT2D eigenvalue weighted by Gasteiger charge is 2.24. The molecule has 5 rings (SSSR count). The summed E-state index contributed by atoms with van der Waals surface area (Å²) in [6.07, 6.45) is 13.0. The lowest BCUT2D eigenvalue weighted by atomic mass is 9.87. The van der Waals surface area contributed by atoms with Crippen molar-refractivity contribution in [3.8, 4) is 0 Å². The molecule has 1 aliphatic carbocycles. The molecule has 1 saturated heterocycles. The zero-order chi connectivity index (χ0) is 22.6. The Morgan fingerprint density at radius 1 is 0.941 bits per heavy atom. The third kappa shape index (κ3) is 5.87. The monoisotopic (exact) mass is 479 g/mol. The van der Waals surface area contributed by atoms with Gasteiger partial charge < -0.3 is 15.2 Å². The number of nitrogens with two attached hydrogens (primary N) is 1. The van der Waals surface area contributed by atoms with Crippen molar-refractivity contribution in [1.29, 1.82) is 0 Å². The van der Waals surface area contributed by atoms with Gasteiger partial charge in [-0.15, -0.1) is 12.4 Å². The van der Waals surface area contributed by atoms with Gasteiger partial charge in [0, 0.05) is 35.6 Å². The Morgan fingerprint density at radius 2 is 1.71 bits per heavy atom. The van der Waals surface area contributed by atoms with Crippen molar-refractivity contribution in [2.75, 3.05) is 19.6 Å². The van der Waals surface area contributed by atoms with Crippen LogP contribution >= 0.6 is 12.4 Å². The number of fused-ring (bicyclic) bond motifs is 1. The number of aromatic nitrogens is 1. The van der Waals surface area contributed by atoms with Gasteiger partial charge in [0.1, 0.15) is 0 Å². The van der Waals surface area contributed by atoms with E-state index in [0.717, 1.165) is 44.8 Å². The molecule has 2 heterocycles. The van der Waals surface area contributed by atoms with Crippen molar-refractivity contribution >= 4 is 23.3 Å². The normalized spacial score (nSPS) is 19.2. The number of halogens is 1. The zero-order valence-corrected chi connectivity index (χ0v) is 21.6. The molecule has 0 bridgehead atoms. The highest BCUT2D eigenvalue weighted by molar-refractivity contribution is 5.85. The van der Waals surface area contributed by atoms with Crippen LogP contribution in [0.3, 0.4) is 0 Å². The molecule has 2 N–H and O–H groups in total. The summed E-state index contributed by atoms with van der Waals surface area (Å²) in [7, 11) is 0. The van der Waals surface area contributed by atoms with Crippen LogP contribution in [-0.4, -0.2) is 35.1 Å². The van der Waals surface area contributed by atoms with Gasteiger partial charge >= 0.3 is 0 Å². The second-order valence-electron chi connectivity index (χ2n) is 10.7. The number of nitrogens with zero attached hydrogens (tertiary/aromatic N) is 2. The first-order chi connectivity index (χ1) is 16.2. The van der Waals surface area contributed by atoms with Crippen molar-refractivity contribution in [2.24, 2.45) is 11.7 Å². The molecule has 2 fully saturated rings. The molecule has 1 aliphatic heterocycles. The van der Waals surface area contributed by atoms with Crippen LogP contribution in [0.5, 0.6) is 0 Å². The Hall–Kier alpha value is -1.81. The molecule has 1 aromatic heterocycles. The minimum absolute atomic E-state index is 0. The smallest absolute Gasteiger partial charge is 0.0483 e. The fourth-order valence-corrected chi connectivity index (χ4v) is 6.23. The van der Waals surface area contributed by atoms with Crippen LogP contribution in [-0.2, 0) is 6.54 Å². The molecule has 1 atom stereocenters. The second kappa shape index (κ2) is 11.7. The highest BCUT2D eigenvalue weighted by Crippen LogP contribution is 2.36. The molecular weight excluding hydrogens is 438 g/mol. The maximum absolute atomic E-state index is 6.16. The first kappa shape index (κ1) is 25.3. The van der Waals surface area contributed by atoms with Gasteiger partial charge in [-0.25, -0.2) is 0 Å². The number of likely N-dealkylation sites (tertiary alicyclic amines) is 1.